The first-order valence-electron chi connectivity index (χ1n) is 6.93. The molecule has 7 heteroatoms. The summed E-state index contributed by atoms with van der Waals surface area (Å²) >= 11 is 0. The molecule has 0 atom stereocenters. The molecule has 1 aliphatic rings. The molecular formula is C14H21BN4O2. The Kier molecular flexibility index (Phi) is 3.93. The molecule has 0 unspecified atom stereocenters. The number of hydrogen-bond acceptors (Lipinski definition) is 4. The molecule has 0 aromatic heterocycles. The average Bonchev–Trinajstić information content (AvgIpc) is 2.59. The van der Waals surface area contributed by atoms with E-state index in [-0.39, 0.29) is 6.54 Å². The fourth-order valence-corrected chi connectivity index (χ4v) is 2.24. The predicted molar refractivity (Wildman–Crippen MR) is 84.2 cm³/mol. The van der Waals surface area contributed by atoms with Gasteiger partial charge in [0.15, 0.2) is 0 Å². The van der Waals surface area contributed by atoms with E-state index in [4.69, 9.17) is 20.6 Å². The Hall–Kier alpha value is -1.69. The lowest BCUT2D eigenvalue weighted by Gasteiger charge is -2.32. The van der Waals surface area contributed by atoms with E-state index in [1.54, 1.807) is 0 Å². The molecule has 1 aromatic carbocycles. The Morgan fingerprint density at radius 3 is 2.33 bits per heavy atom. The lowest BCUT2D eigenvalue weighted by Crippen LogP contribution is -2.41. The summed E-state index contributed by atoms with van der Waals surface area (Å²) in [6.07, 6.45) is 0. The van der Waals surface area contributed by atoms with E-state index in [0.29, 0.717) is 5.69 Å². The first kappa shape index (κ1) is 15.7. The van der Waals surface area contributed by atoms with Gasteiger partial charge in [-0.3, -0.25) is 0 Å². The monoisotopic (exact) mass is 288 g/mol. The maximum absolute atomic E-state index is 8.45. The molecular weight excluding hydrogens is 267 g/mol. The van der Waals surface area contributed by atoms with Gasteiger partial charge in [0.1, 0.15) is 0 Å². The molecule has 1 heterocycles. The summed E-state index contributed by atoms with van der Waals surface area (Å²) in [5.74, 6) is 0. The fourth-order valence-electron chi connectivity index (χ4n) is 2.24. The van der Waals surface area contributed by atoms with Crippen molar-refractivity contribution in [3.8, 4) is 0 Å². The molecule has 1 saturated heterocycles. The van der Waals surface area contributed by atoms with E-state index < -0.39 is 18.3 Å². The average molecular weight is 288 g/mol. The van der Waals surface area contributed by atoms with Crippen LogP contribution >= 0.6 is 0 Å². The number of anilines is 1. The minimum atomic E-state index is -0.469. The van der Waals surface area contributed by atoms with E-state index in [0.717, 1.165) is 16.6 Å². The molecule has 2 rings (SSSR count). The molecule has 1 aromatic rings. The van der Waals surface area contributed by atoms with Crippen LogP contribution in [-0.4, -0.2) is 18.3 Å². The van der Waals surface area contributed by atoms with E-state index in [9.17, 15) is 0 Å². The number of benzene rings is 1. The van der Waals surface area contributed by atoms with Gasteiger partial charge in [-0.25, -0.2) is 0 Å². The van der Waals surface area contributed by atoms with Crippen LogP contribution < -0.4 is 11.2 Å². The summed E-state index contributed by atoms with van der Waals surface area (Å²) < 4.78 is 12.1. The lowest BCUT2D eigenvalue weighted by atomic mass is 9.75. The molecule has 0 radical (unpaired) electrons. The van der Waals surface area contributed by atoms with Crippen LogP contribution in [-0.2, 0) is 15.9 Å². The molecule has 6 nitrogen and oxygen atoms in total. The van der Waals surface area contributed by atoms with E-state index in [1.165, 1.54) is 0 Å². The highest BCUT2D eigenvalue weighted by Gasteiger charge is 2.52. The van der Waals surface area contributed by atoms with Crippen molar-refractivity contribution in [2.75, 3.05) is 5.73 Å². The van der Waals surface area contributed by atoms with Crippen molar-refractivity contribution in [2.45, 2.75) is 52.4 Å². The zero-order valence-corrected chi connectivity index (χ0v) is 13.2. The normalized spacial score (nSPS) is 19.4. The summed E-state index contributed by atoms with van der Waals surface area (Å²) in [4.78, 5) is 2.78. The number of nitrogen functional groups attached to an aromatic ring is 1. The molecule has 0 saturated carbocycles. The Morgan fingerprint density at radius 1 is 1.24 bits per heavy atom. The molecule has 112 valence electrons. The third-order valence-corrected chi connectivity index (χ3v) is 4.37. The van der Waals surface area contributed by atoms with Crippen molar-refractivity contribution in [3.63, 3.8) is 0 Å². The summed E-state index contributed by atoms with van der Waals surface area (Å²) in [6.45, 7) is 10.2. The quantitative estimate of drug-likeness (QED) is 0.304. The highest BCUT2D eigenvalue weighted by molar-refractivity contribution is 6.62. The standard InChI is InChI=1S/C14H21BN4O2/c1-9-11(6-10(7-12(9)16)8-18-19-17)15-20-13(2,3)14(4,5)21-15/h6-7H,8,16H2,1-5H3. The molecule has 0 amide bonds. The number of azide groups is 1. The zero-order chi connectivity index (χ0) is 15.8. The third-order valence-electron chi connectivity index (χ3n) is 4.37. The maximum atomic E-state index is 8.45. The second kappa shape index (κ2) is 5.26. The topological polar surface area (TPSA) is 93.2 Å². The molecule has 1 fully saturated rings. The Bertz CT molecular complexity index is 593. The van der Waals surface area contributed by atoms with Crippen LogP contribution in [0.4, 0.5) is 5.69 Å². The van der Waals surface area contributed by atoms with Gasteiger partial charge in [-0.1, -0.05) is 11.2 Å². The maximum Gasteiger partial charge on any atom is 0.495 e. The lowest BCUT2D eigenvalue weighted by molar-refractivity contribution is 0.00578. The van der Waals surface area contributed by atoms with Crippen LogP contribution in [0.15, 0.2) is 17.2 Å². The van der Waals surface area contributed by atoms with Crippen LogP contribution in [0.25, 0.3) is 10.4 Å². The highest BCUT2D eigenvalue weighted by atomic mass is 16.7. The van der Waals surface area contributed by atoms with Crippen molar-refractivity contribution >= 4 is 18.3 Å². The van der Waals surface area contributed by atoms with Crippen LogP contribution in [0, 0.1) is 6.92 Å². The predicted octanol–water partition coefficient (Wildman–Crippen LogP) is 2.69. The molecule has 2 N–H and O–H groups in total. The van der Waals surface area contributed by atoms with E-state index in [2.05, 4.69) is 10.0 Å². The zero-order valence-electron chi connectivity index (χ0n) is 13.2. The minimum absolute atomic E-state index is 0.257. The van der Waals surface area contributed by atoms with Gasteiger partial charge in [0.2, 0.25) is 0 Å². The fraction of sp³-hybridized carbons (Fsp3) is 0.571. The van der Waals surface area contributed by atoms with Gasteiger partial charge in [0, 0.05) is 10.6 Å². The summed E-state index contributed by atoms with van der Waals surface area (Å²) in [7, 11) is -0.469. The number of nitrogens with zero attached hydrogens (tertiary/aromatic N) is 3. The van der Waals surface area contributed by atoms with Gasteiger partial charge < -0.3 is 15.0 Å². The van der Waals surface area contributed by atoms with Crippen molar-refractivity contribution in [2.24, 2.45) is 5.11 Å². The number of nitrogens with two attached hydrogens (primary N) is 1. The first-order valence-corrected chi connectivity index (χ1v) is 6.93. The molecule has 1 aliphatic heterocycles. The Morgan fingerprint density at radius 2 is 1.81 bits per heavy atom. The number of rotatable bonds is 3. The summed E-state index contributed by atoms with van der Waals surface area (Å²) in [5.41, 5.74) is 17.0. The third kappa shape index (κ3) is 2.86. The van der Waals surface area contributed by atoms with E-state index >= 15 is 0 Å². The van der Waals surface area contributed by atoms with Crippen LogP contribution in [0.1, 0.15) is 38.8 Å². The van der Waals surface area contributed by atoms with Crippen LogP contribution in [0.5, 0.6) is 0 Å². The van der Waals surface area contributed by atoms with Crippen LogP contribution in [0.2, 0.25) is 0 Å². The minimum Gasteiger partial charge on any atom is -0.399 e. The first-order chi connectivity index (χ1) is 9.68. The SMILES string of the molecule is Cc1c(N)cc(CN=[N+]=[N-])cc1B1OC(C)(C)C(C)(C)O1. The van der Waals surface area contributed by atoms with Crippen molar-refractivity contribution in [3.05, 3.63) is 33.7 Å². The van der Waals surface area contributed by atoms with Crippen molar-refractivity contribution in [1.29, 1.82) is 0 Å². The van der Waals surface area contributed by atoms with Crippen molar-refractivity contribution in [1.82, 2.24) is 0 Å². The second-order valence-electron chi connectivity index (χ2n) is 6.38. The molecule has 0 aliphatic carbocycles. The van der Waals surface area contributed by atoms with Crippen molar-refractivity contribution < 1.29 is 9.31 Å². The van der Waals surface area contributed by atoms with Gasteiger partial charge >= 0.3 is 7.12 Å². The Labute approximate surface area is 125 Å². The second-order valence-corrected chi connectivity index (χ2v) is 6.38. The van der Waals surface area contributed by atoms with Gasteiger partial charge in [-0.15, -0.1) is 0 Å². The van der Waals surface area contributed by atoms with Gasteiger partial charge in [0.25, 0.3) is 0 Å². The molecule has 21 heavy (non-hydrogen) atoms. The Balaban J connectivity index is 2.40. The highest BCUT2D eigenvalue weighted by Crippen LogP contribution is 2.37. The smallest absolute Gasteiger partial charge is 0.399 e. The van der Waals surface area contributed by atoms with Gasteiger partial charge in [-0.2, -0.15) is 0 Å². The van der Waals surface area contributed by atoms with E-state index in [1.807, 2.05) is 46.8 Å². The summed E-state index contributed by atoms with van der Waals surface area (Å²) in [5, 5.41) is 3.58. The largest absolute Gasteiger partial charge is 0.495 e. The number of hydrogen-bond donors (Lipinski definition) is 1. The van der Waals surface area contributed by atoms with Gasteiger partial charge in [-0.05, 0) is 62.8 Å². The van der Waals surface area contributed by atoms with Gasteiger partial charge in [0.05, 0.1) is 17.7 Å². The molecule has 0 bridgehead atoms. The molecule has 0 spiro atoms. The van der Waals surface area contributed by atoms with Crippen LogP contribution in [0.3, 0.4) is 0 Å². The summed E-state index contributed by atoms with van der Waals surface area (Å²) in [6, 6.07) is 3.75.